The summed E-state index contributed by atoms with van der Waals surface area (Å²) in [6.45, 7) is 0.742. The molecule has 18 heavy (non-hydrogen) atoms. The lowest BCUT2D eigenvalue weighted by Gasteiger charge is -2.27. The summed E-state index contributed by atoms with van der Waals surface area (Å²) in [5.74, 6) is 1.03. The van der Waals surface area contributed by atoms with Crippen LogP contribution < -0.4 is 10.5 Å². The number of hydrogen-bond acceptors (Lipinski definition) is 2. The van der Waals surface area contributed by atoms with E-state index in [1.807, 2.05) is 0 Å². The smallest absolute Gasteiger partial charge is 0.137 e. The van der Waals surface area contributed by atoms with Gasteiger partial charge in [0.25, 0.3) is 0 Å². The van der Waals surface area contributed by atoms with Crippen molar-refractivity contribution in [3.8, 4) is 5.75 Å². The molecule has 2 aliphatic rings. The van der Waals surface area contributed by atoms with Gasteiger partial charge in [0.05, 0.1) is 11.6 Å². The Bertz CT molecular complexity index is 480. The van der Waals surface area contributed by atoms with Gasteiger partial charge in [0.1, 0.15) is 5.75 Å². The molecule has 0 aliphatic heterocycles. The van der Waals surface area contributed by atoms with E-state index < -0.39 is 0 Å². The minimum atomic E-state index is 0.205. The Labute approximate surface area is 117 Å². The Hall–Kier alpha value is -0.540. The van der Waals surface area contributed by atoms with Crippen molar-refractivity contribution < 1.29 is 4.74 Å². The number of aryl methyl sites for hydroxylation is 1. The lowest BCUT2D eigenvalue weighted by atomic mass is 9.81. The average Bonchev–Trinajstić information content (AvgIpc) is 3.18. The number of methoxy groups -OCH3 is 1. The van der Waals surface area contributed by atoms with Crippen LogP contribution in [0.4, 0.5) is 0 Å². The van der Waals surface area contributed by atoms with E-state index in [4.69, 9.17) is 10.5 Å². The molecule has 2 aliphatic carbocycles. The lowest BCUT2D eigenvalue weighted by Crippen LogP contribution is -2.24. The van der Waals surface area contributed by atoms with Crippen LogP contribution in [0.5, 0.6) is 5.75 Å². The van der Waals surface area contributed by atoms with E-state index in [0.717, 1.165) is 16.8 Å². The minimum Gasteiger partial charge on any atom is -0.495 e. The van der Waals surface area contributed by atoms with Gasteiger partial charge in [-0.3, -0.25) is 0 Å². The molecular formula is C15H20BrNO. The normalized spacial score (nSPS) is 20.4. The van der Waals surface area contributed by atoms with Gasteiger partial charge in [-0.05, 0) is 71.6 Å². The van der Waals surface area contributed by atoms with Gasteiger partial charge in [-0.25, -0.2) is 0 Å². The molecule has 3 heteroatoms. The number of ether oxygens (including phenoxy) is 1. The number of fused-ring (bicyclic) bond motifs is 1. The zero-order valence-electron chi connectivity index (χ0n) is 10.9. The molecule has 1 aromatic carbocycles. The zero-order chi connectivity index (χ0) is 12.8. The summed E-state index contributed by atoms with van der Waals surface area (Å²) < 4.78 is 6.77. The minimum absolute atomic E-state index is 0.205. The summed E-state index contributed by atoms with van der Waals surface area (Å²) in [4.78, 5) is 0. The third kappa shape index (κ3) is 1.79. The van der Waals surface area contributed by atoms with Crippen molar-refractivity contribution in [2.45, 2.75) is 43.9 Å². The first-order valence-electron chi connectivity index (χ1n) is 6.80. The molecule has 2 nitrogen and oxygen atoms in total. The highest BCUT2D eigenvalue weighted by molar-refractivity contribution is 9.10. The predicted octanol–water partition coefficient (Wildman–Crippen LogP) is 3.33. The van der Waals surface area contributed by atoms with E-state index in [1.54, 1.807) is 7.11 Å². The maximum absolute atomic E-state index is 6.04. The highest BCUT2D eigenvalue weighted by Crippen LogP contribution is 2.54. The van der Waals surface area contributed by atoms with Gasteiger partial charge in [0.2, 0.25) is 0 Å². The van der Waals surface area contributed by atoms with Crippen LogP contribution in [-0.2, 0) is 18.3 Å². The number of benzene rings is 1. The molecule has 0 amide bonds. The Kier molecular flexibility index (Phi) is 3.15. The Morgan fingerprint density at radius 3 is 2.67 bits per heavy atom. The van der Waals surface area contributed by atoms with Crippen molar-refractivity contribution >= 4 is 15.9 Å². The molecule has 1 saturated carbocycles. The van der Waals surface area contributed by atoms with Crippen molar-refractivity contribution in [3.05, 3.63) is 27.2 Å². The highest BCUT2D eigenvalue weighted by atomic mass is 79.9. The summed E-state index contributed by atoms with van der Waals surface area (Å²) in [7, 11) is 1.77. The van der Waals surface area contributed by atoms with Gasteiger partial charge in [-0.2, -0.15) is 0 Å². The van der Waals surface area contributed by atoms with Crippen LogP contribution in [0, 0.1) is 0 Å². The van der Waals surface area contributed by atoms with Gasteiger partial charge in [-0.15, -0.1) is 0 Å². The maximum atomic E-state index is 6.04. The molecule has 0 aromatic heterocycles. The van der Waals surface area contributed by atoms with Crippen molar-refractivity contribution in [1.82, 2.24) is 0 Å². The van der Waals surface area contributed by atoms with E-state index in [1.165, 1.54) is 55.2 Å². The number of rotatable bonds is 3. The first-order valence-corrected chi connectivity index (χ1v) is 7.60. The van der Waals surface area contributed by atoms with Crippen LogP contribution in [-0.4, -0.2) is 13.7 Å². The molecule has 0 bridgehead atoms. The SMILES string of the molecule is COc1c(Br)cc2c(c1C1(CN)CC1)CCCC2. The second-order valence-electron chi connectivity index (χ2n) is 5.60. The zero-order valence-corrected chi connectivity index (χ0v) is 12.5. The quantitative estimate of drug-likeness (QED) is 0.929. The standard InChI is InChI=1S/C15H20BrNO/c1-18-14-12(16)8-10-4-2-3-5-11(10)13(14)15(9-17)6-7-15/h8H,2-7,9,17H2,1H3. The van der Waals surface area contributed by atoms with Crippen molar-refractivity contribution in [2.24, 2.45) is 5.73 Å². The second-order valence-corrected chi connectivity index (χ2v) is 6.45. The number of nitrogens with two attached hydrogens (primary N) is 1. The van der Waals surface area contributed by atoms with Gasteiger partial charge in [-0.1, -0.05) is 0 Å². The third-order valence-electron chi connectivity index (χ3n) is 4.54. The largest absolute Gasteiger partial charge is 0.495 e. The molecule has 0 atom stereocenters. The van der Waals surface area contributed by atoms with Gasteiger partial charge in [0.15, 0.2) is 0 Å². The molecule has 0 heterocycles. The molecule has 0 spiro atoms. The van der Waals surface area contributed by atoms with Crippen LogP contribution >= 0.6 is 15.9 Å². The third-order valence-corrected chi connectivity index (χ3v) is 5.13. The molecule has 98 valence electrons. The first-order chi connectivity index (χ1) is 8.72. The number of halogens is 1. The van der Waals surface area contributed by atoms with Crippen LogP contribution in [0.15, 0.2) is 10.5 Å². The van der Waals surface area contributed by atoms with Gasteiger partial charge >= 0.3 is 0 Å². The molecule has 0 saturated heterocycles. The Balaban J connectivity index is 2.22. The second kappa shape index (κ2) is 4.53. The van der Waals surface area contributed by atoms with E-state index in [-0.39, 0.29) is 5.41 Å². The number of hydrogen-bond donors (Lipinski definition) is 1. The van der Waals surface area contributed by atoms with Crippen LogP contribution in [0.25, 0.3) is 0 Å². The van der Waals surface area contributed by atoms with Crippen molar-refractivity contribution in [2.75, 3.05) is 13.7 Å². The highest BCUT2D eigenvalue weighted by Gasteiger charge is 2.47. The summed E-state index contributed by atoms with van der Waals surface area (Å²) in [6.07, 6.45) is 7.42. The Morgan fingerprint density at radius 2 is 2.06 bits per heavy atom. The Morgan fingerprint density at radius 1 is 1.33 bits per heavy atom. The molecular weight excluding hydrogens is 290 g/mol. The van der Waals surface area contributed by atoms with Crippen LogP contribution in [0.3, 0.4) is 0 Å². The predicted molar refractivity (Wildman–Crippen MR) is 77.3 cm³/mol. The van der Waals surface area contributed by atoms with Gasteiger partial charge in [0, 0.05) is 17.5 Å². The fourth-order valence-corrected chi connectivity index (χ4v) is 3.95. The summed E-state index contributed by atoms with van der Waals surface area (Å²) in [5.41, 5.74) is 10.7. The van der Waals surface area contributed by atoms with E-state index in [9.17, 15) is 0 Å². The molecule has 0 radical (unpaired) electrons. The summed E-state index contributed by atoms with van der Waals surface area (Å²) >= 11 is 3.67. The van der Waals surface area contributed by atoms with Crippen molar-refractivity contribution in [1.29, 1.82) is 0 Å². The summed E-state index contributed by atoms with van der Waals surface area (Å²) in [5, 5.41) is 0. The average molecular weight is 310 g/mol. The lowest BCUT2D eigenvalue weighted by molar-refractivity contribution is 0.399. The topological polar surface area (TPSA) is 35.2 Å². The van der Waals surface area contributed by atoms with Gasteiger partial charge < -0.3 is 10.5 Å². The maximum Gasteiger partial charge on any atom is 0.137 e. The van der Waals surface area contributed by atoms with E-state index in [0.29, 0.717) is 0 Å². The summed E-state index contributed by atoms with van der Waals surface area (Å²) in [6, 6.07) is 2.25. The van der Waals surface area contributed by atoms with E-state index in [2.05, 4.69) is 22.0 Å². The van der Waals surface area contributed by atoms with Crippen molar-refractivity contribution in [3.63, 3.8) is 0 Å². The first kappa shape index (κ1) is 12.5. The molecule has 0 unspecified atom stereocenters. The molecule has 3 rings (SSSR count). The molecule has 1 fully saturated rings. The monoisotopic (exact) mass is 309 g/mol. The fraction of sp³-hybridized carbons (Fsp3) is 0.600. The van der Waals surface area contributed by atoms with Crippen LogP contribution in [0.2, 0.25) is 0 Å². The molecule has 1 aromatic rings. The van der Waals surface area contributed by atoms with E-state index >= 15 is 0 Å². The fourth-order valence-electron chi connectivity index (χ4n) is 3.32. The van der Waals surface area contributed by atoms with Crippen LogP contribution in [0.1, 0.15) is 42.4 Å². The molecule has 2 N–H and O–H groups in total.